The summed E-state index contributed by atoms with van der Waals surface area (Å²) in [6, 6.07) is 16.3. The minimum absolute atomic E-state index is 0.0171. The van der Waals surface area contributed by atoms with Gasteiger partial charge in [0.2, 0.25) is 11.7 Å². The third-order valence-corrected chi connectivity index (χ3v) is 10.2. The molecule has 10 heteroatoms. The molecule has 4 aromatic rings. The van der Waals surface area contributed by atoms with E-state index in [4.69, 9.17) is 4.74 Å². The van der Waals surface area contributed by atoms with Crippen LogP contribution in [0.25, 0.3) is 16.9 Å². The predicted octanol–water partition coefficient (Wildman–Crippen LogP) is 5.13. The molecule has 2 saturated carbocycles. The highest BCUT2D eigenvalue weighted by molar-refractivity contribution is 6.16. The van der Waals surface area contributed by atoms with Gasteiger partial charge in [0.25, 0.3) is 5.56 Å². The van der Waals surface area contributed by atoms with Crippen molar-refractivity contribution >= 4 is 17.4 Å². The SMILES string of the molecule is CCCc1c(Cc2ccc(-c3ccccc3)c(C3=NNC(=O)C3)c2)c(=O)n(C2CCC(OC(C)C3(O)CCC3)CC2)c2ncnn12. The van der Waals surface area contributed by atoms with Crippen LogP contribution in [0.2, 0.25) is 0 Å². The molecular formula is C36H42N6O4. The number of ether oxygens (including phenoxy) is 1. The minimum Gasteiger partial charge on any atom is -0.387 e. The van der Waals surface area contributed by atoms with Gasteiger partial charge in [-0.2, -0.15) is 15.2 Å². The fourth-order valence-electron chi connectivity index (χ4n) is 7.41. The van der Waals surface area contributed by atoms with Crippen LogP contribution < -0.4 is 11.0 Å². The molecule has 0 radical (unpaired) electrons. The smallest absolute Gasteiger partial charge is 0.259 e. The molecule has 3 aliphatic rings. The van der Waals surface area contributed by atoms with Gasteiger partial charge in [0.15, 0.2) is 0 Å². The van der Waals surface area contributed by atoms with E-state index in [-0.39, 0.29) is 36.1 Å². The van der Waals surface area contributed by atoms with Gasteiger partial charge in [-0.15, -0.1) is 0 Å². The largest absolute Gasteiger partial charge is 0.387 e. The van der Waals surface area contributed by atoms with E-state index in [1.807, 2.05) is 34.2 Å². The number of carbonyl (C=O) groups is 1. The maximum absolute atomic E-state index is 14.5. The van der Waals surface area contributed by atoms with E-state index in [1.165, 1.54) is 0 Å². The van der Waals surface area contributed by atoms with Gasteiger partial charge >= 0.3 is 0 Å². The number of amides is 1. The summed E-state index contributed by atoms with van der Waals surface area (Å²) in [6.45, 7) is 4.09. The van der Waals surface area contributed by atoms with Crippen LogP contribution in [0, 0.1) is 0 Å². The van der Waals surface area contributed by atoms with E-state index in [1.54, 1.807) is 6.33 Å². The van der Waals surface area contributed by atoms with Crippen molar-refractivity contribution in [1.29, 1.82) is 0 Å². The number of hydrogen-bond acceptors (Lipinski definition) is 7. The number of benzene rings is 2. The summed E-state index contributed by atoms with van der Waals surface area (Å²) >= 11 is 0. The Bertz CT molecular complexity index is 1830. The van der Waals surface area contributed by atoms with Crippen LogP contribution in [-0.4, -0.2) is 53.7 Å². The predicted molar refractivity (Wildman–Crippen MR) is 176 cm³/mol. The van der Waals surface area contributed by atoms with E-state index >= 15 is 0 Å². The van der Waals surface area contributed by atoms with Crippen LogP contribution in [-0.2, 0) is 22.4 Å². The maximum atomic E-state index is 14.5. The van der Waals surface area contributed by atoms with Crippen molar-refractivity contribution in [3.8, 4) is 11.1 Å². The summed E-state index contributed by atoms with van der Waals surface area (Å²) in [5, 5.41) is 19.7. The average Bonchev–Trinajstić information content (AvgIpc) is 3.72. The lowest BCUT2D eigenvalue weighted by atomic mass is 9.76. The molecule has 0 bridgehead atoms. The molecule has 2 fully saturated rings. The van der Waals surface area contributed by atoms with Crippen molar-refractivity contribution in [3.05, 3.63) is 87.6 Å². The highest BCUT2D eigenvalue weighted by Gasteiger charge is 2.42. The molecule has 0 spiro atoms. The molecule has 46 heavy (non-hydrogen) atoms. The van der Waals surface area contributed by atoms with Crippen molar-refractivity contribution in [2.24, 2.45) is 5.10 Å². The Hall–Kier alpha value is -4.15. The molecule has 2 N–H and O–H groups in total. The molecule has 1 unspecified atom stereocenters. The standard InChI is InChI=1S/C36H42N6O4/c1-3-8-32-30(20-24-11-16-28(25-9-5-4-6-10-25)29(19-24)31-21-33(43)40-39-31)34(44)41(35-37-22-38-42(32)35)26-12-14-27(15-13-26)46-23(2)36(45)17-7-18-36/h4-6,9-11,16,19,22-23,26-27,45H,3,7-8,12-15,17-18,20-21H2,1-2H3,(H,40,43). The number of aliphatic hydroxyl groups is 1. The summed E-state index contributed by atoms with van der Waals surface area (Å²) in [5.41, 5.74) is 8.08. The normalized spacial score (nSPS) is 21.5. The first kappa shape index (κ1) is 30.5. The Kier molecular flexibility index (Phi) is 8.33. The monoisotopic (exact) mass is 622 g/mol. The number of aryl methyl sites for hydroxylation is 1. The van der Waals surface area contributed by atoms with E-state index in [2.05, 4.69) is 57.9 Å². The lowest BCUT2D eigenvalue weighted by Gasteiger charge is -2.43. The lowest BCUT2D eigenvalue weighted by Crippen LogP contribution is -2.49. The third-order valence-electron chi connectivity index (χ3n) is 10.2. The Morgan fingerprint density at radius 3 is 2.52 bits per heavy atom. The summed E-state index contributed by atoms with van der Waals surface area (Å²) in [4.78, 5) is 31.2. The number of carbonyl (C=O) groups excluding carboxylic acids is 1. The summed E-state index contributed by atoms with van der Waals surface area (Å²) in [7, 11) is 0. The van der Waals surface area contributed by atoms with Crippen molar-refractivity contribution in [2.45, 2.75) is 108 Å². The van der Waals surface area contributed by atoms with E-state index in [9.17, 15) is 14.7 Å². The minimum atomic E-state index is -0.693. The summed E-state index contributed by atoms with van der Waals surface area (Å²) in [6.07, 6.45) is 9.52. The van der Waals surface area contributed by atoms with Crippen LogP contribution in [0.3, 0.4) is 0 Å². The van der Waals surface area contributed by atoms with E-state index < -0.39 is 5.60 Å². The summed E-state index contributed by atoms with van der Waals surface area (Å²) in [5.74, 6) is 0.460. The maximum Gasteiger partial charge on any atom is 0.259 e. The number of nitrogens with one attached hydrogen (secondary N) is 1. The highest BCUT2D eigenvalue weighted by Crippen LogP contribution is 2.39. The Labute approximate surface area is 268 Å². The van der Waals surface area contributed by atoms with Gasteiger partial charge in [-0.05, 0) is 81.0 Å². The zero-order chi connectivity index (χ0) is 31.8. The number of hydrazone groups is 1. The number of aromatic nitrogens is 4. The Morgan fingerprint density at radius 1 is 1.07 bits per heavy atom. The first-order valence-electron chi connectivity index (χ1n) is 16.7. The number of hydrogen-bond donors (Lipinski definition) is 2. The fourth-order valence-corrected chi connectivity index (χ4v) is 7.41. The quantitative estimate of drug-likeness (QED) is 0.253. The van der Waals surface area contributed by atoms with Crippen LogP contribution in [0.5, 0.6) is 0 Å². The zero-order valence-corrected chi connectivity index (χ0v) is 26.6. The Morgan fingerprint density at radius 2 is 1.85 bits per heavy atom. The van der Waals surface area contributed by atoms with Gasteiger partial charge in [-0.1, -0.05) is 55.8 Å². The highest BCUT2D eigenvalue weighted by atomic mass is 16.5. The second-order valence-electron chi connectivity index (χ2n) is 13.2. The lowest BCUT2D eigenvalue weighted by molar-refractivity contribution is -0.167. The fraction of sp³-hybridized carbons (Fsp3) is 0.472. The molecule has 10 nitrogen and oxygen atoms in total. The molecule has 1 aliphatic heterocycles. The molecule has 2 aromatic heterocycles. The van der Waals surface area contributed by atoms with E-state index in [0.717, 1.165) is 84.9 Å². The van der Waals surface area contributed by atoms with Crippen molar-refractivity contribution < 1.29 is 14.6 Å². The van der Waals surface area contributed by atoms with Crippen LogP contribution >= 0.6 is 0 Å². The molecular weight excluding hydrogens is 580 g/mol. The zero-order valence-electron chi connectivity index (χ0n) is 26.6. The van der Waals surface area contributed by atoms with Gasteiger partial charge in [0.05, 0.1) is 35.6 Å². The Balaban J connectivity index is 1.22. The van der Waals surface area contributed by atoms with Crippen molar-refractivity contribution in [2.75, 3.05) is 0 Å². The number of rotatable bonds is 10. The van der Waals surface area contributed by atoms with Crippen molar-refractivity contribution in [3.63, 3.8) is 0 Å². The van der Waals surface area contributed by atoms with Gasteiger partial charge in [0.1, 0.15) is 6.33 Å². The van der Waals surface area contributed by atoms with Gasteiger partial charge in [0, 0.05) is 23.6 Å². The molecule has 2 aliphatic carbocycles. The molecule has 0 saturated heterocycles. The summed E-state index contributed by atoms with van der Waals surface area (Å²) < 4.78 is 10.1. The van der Waals surface area contributed by atoms with Gasteiger partial charge in [-0.3, -0.25) is 14.2 Å². The van der Waals surface area contributed by atoms with Crippen LogP contribution in [0.15, 0.2) is 64.8 Å². The average molecular weight is 623 g/mol. The van der Waals surface area contributed by atoms with Gasteiger partial charge in [-0.25, -0.2) is 9.94 Å². The van der Waals surface area contributed by atoms with Crippen molar-refractivity contribution in [1.82, 2.24) is 24.6 Å². The topological polar surface area (TPSA) is 123 Å². The first-order valence-corrected chi connectivity index (χ1v) is 16.7. The third kappa shape index (κ3) is 5.69. The second-order valence-corrected chi connectivity index (χ2v) is 13.2. The molecule has 1 amide bonds. The number of fused-ring (bicyclic) bond motifs is 1. The molecule has 3 heterocycles. The molecule has 240 valence electrons. The second kappa shape index (κ2) is 12.6. The van der Waals surface area contributed by atoms with Gasteiger partial charge < -0.3 is 9.84 Å². The van der Waals surface area contributed by atoms with E-state index in [0.29, 0.717) is 24.3 Å². The molecule has 7 rings (SSSR count). The van der Waals surface area contributed by atoms with Crippen LogP contribution in [0.1, 0.15) is 100 Å². The molecule has 1 atom stereocenters. The first-order chi connectivity index (χ1) is 22.3. The van der Waals surface area contributed by atoms with Crippen LogP contribution in [0.4, 0.5) is 0 Å². The number of nitrogens with zero attached hydrogens (tertiary/aromatic N) is 5. The molecule has 2 aromatic carbocycles.